The van der Waals surface area contributed by atoms with Crippen LogP contribution in [0.25, 0.3) is 22.4 Å². The van der Waals surface area contributed by atoms with Crippen LogP contribution in [-0.4, -0.2) is 36.5 Å². The molecule has 0 saturated heterocycles. The van der Waals surface area contributed by atoms with E-state index in [1.807, 2.05) is 75.4 Å². The van der Waals surface area contributed by atoms with Crippen LogP contribution in [0, 0.1) is 13.8 Å². The van der Waals surface area contributed by atoms with Crippen LogP contribution in [0.15, 0.2) is 52.4 Å². The highest BCUT2D eigenvalue weighted by atomic mass is 32.2. The molecule has 0 spiro atoms. The summed E-state index contributed by atoms with van der Waals surface area (Å²) in [5.41, 5.74) is 2.81. The number of benzene rings is 2. The van der Waals surface area contributed by atoms with E-state index < -0.39 is 5.60 Å². The minimum Gasteiger partial charge on any atom is -0.459 e. The van der Waals surface area contributed by atoms with Crippen molar-refractivity contribution in [3.8, 4) is 5.69 Å². The zero-order valence-corrected chi connectivity index (χ0v) is 19.0. The molecule has 0 saturated carbocycles. The normalized spacial score (nSPS) is 11.9. The molecular formula is C23H24N4O3S. The second-order valence-corrected chi connectivity index (χ2v) is 9.31. The van der Waals surface area contributed by atoms with E-state index in [4.69, 9.17) is 4.74 Å². The van der Waals surface area contributed by atoms with Crippen molar-refractivity contribution >= 4 is 34.4 Å². The number of hydrogen-bond donors (Lipinski definition) is 0. The largest absolute Gasteiger partial charge is 0.459 e. The molecule has 7 nitrogen and oxygen atoms in total. The maximum atomic E-state index is 13.4. The molecule has 0 radical (unpaired) electrons. The van der Waals surface area contributed by atoms with Crippen molar-refractivity contribution in [1.82, 2.24) is 19.2 Å². The topological polar surface area (TPSA) is 78.5 Å². The number of fused-ring (bicyclic) bond motifs is 3. The maximum Gasteiger partial charge on any atom is 0.316 e. The van der Waals surface area contributed by atoms with Gasteiger partial charge in [0.05, 0.1) is 22.3 Å². The molecule has 0 aliphatic rings. The maximum absolute atomic E-state index is 13.4. The number of esters is 1. The molecule has 31 heavy (non-hydrogen) atoms. The van der Waals surface area contributed by atoms with Gasteiger partial charge in [-0.05, 0) is 63.9 Å². The molecule has 0 N–H and O–H groups in total. The van der Waals surface area contributed by atoms with Gasteiger partial charge >= 0.3 is 5.97 Å². The van der Waals surface area contributed by atoms with Gasteiger partial charge in [0.15, 0.2) is 5.16 Å². The zero-order chi connectivity index (χ0) is 22.3. The molecule has 0 aliphatic heterocycles. The number of thioether (sulfide) groups is 1. The van der Waals surface area contributed by atoms with Crippen molar-refractivity contribution in [2.24, 2.45) is 0 Å². The zero-order valence-electron chi connectivity index (χ0n) is 18.2. The van der Waals surface area contributed by atoms with E-state index in [-0.39, 0.29) is 17.3 Å². The van der Waals surface area contributed by atoms with Gasteiger partial charge in [-0.1, -0.05) is 36.0 Å². The Hall–Kier alpha value is -3.13. The molecule has 2 aromatic carbocycles. The van der Waals surface area contributed by atoms with Gasteiger partial charge in [0.2, 0.25) is 5.78 Å². The molecule has 160 valence electrons. The van der Waals surface area contributed by atoms with Crippen molar-refractivity contribution in [2.75, 3.05) is 5.75 Å². The third kappa shape index (κ3) is 3.95. The quantitative estimate of drug-likeness (QED) is 0.354. The first-order valence-electron chi connectivity index (χ1n) is 9.97. The Labute approximate surface area is 184 Å². The fourth-order valence-electron chi connectivity index (χ4n) is 3.46. The number of aromatic nitrogens is 4. The van der Waals surface area contributed by atoms with Crippen molar-refractivity contribution < 1.29 is 9.53 Å². The lowest BCUT2D eigenvalue weighted by molar-refractivity contribution is -0.151. The van der Waals surface area contributed by atoms with Crippen LogP contribution in [0.2, 0.25) is 0 Å². The molecule has 0 amide bonds. The van der Waals surface area contributed by atoms with Crippen molar-refractivity contribution in [2.45, 2.75) is 45.4 Å². The monoisotopic (exact) mass is 436 g/mol. The second-order valence-electron chi connectivity index (χ2n) is 8.37. The Bertz CT molecular complexity index is 1370. The number of aryl methyl sites for hydroxylation is 1. The SMILES string of the molecule is Cc1cccc(-n2c(=O)c3ccccc3n3c(SCC(=O)OC(C)(C)C)nnc23)c1C. The molecule has 0 aliphatic carbocycles. The number of carbonyl (C=O) groups is 1. The van der Waals surface area contributed by atoms with Gasteiger partial charge < -0.3 is 4.74 Å². The molecule has 2 heterocycles. The lowest BCUT2D eigenvalue weighted by Gasteiger charge is -2.19. The van der Waals surface area contributed by atoms with E-state index >= 15 is 0 Å². The number of carbonyl (C=O) groups excluding carboxylic acids is 1. The molecular weight excluding hydrogens is 412 g/mol. The minimum atomic E-state index is -0.555. The van der Waals surface area contributed by atoms with Gasteiger partial charge in [-0.3, -0.25) is 14.0 Å². The summed E-state index contributed by atoms with van der Waals surface area (Å²) in [4.78, 5) is 25.7. The fourth-order valence-corrected chi connectivity index (χ4v) is 4.18. The highest BCUT2D eigenvalue weighted by Crippen LogP contribution is 2.25. The van der Waals surface area contributed by atoms with Crippen molar-refractivity contribution in [3.63, 3.8) is 0 Å². The minimum absolute atomic E-state index is 0.0923. The molecule has 0 atom stereocenters. The first-order chi connectivity index (χ1) is 14.7. The van der Waals surface area contributed by atoms with Crippen LogP contribution in [0.5, 0.6) is 0 Å². The lowest BCUT2D eigenvalue weighted by atomic mass is 10.1. The lowest BCUT2D eigenvalue weighted by Crippen LogP contribution is -2.25. The highest BCUT2D eigenvalue weighted by molar-refractivity contribution is 7.99. The average molecular weight is 437 g/mol. The number of nitrogens with zero attached hydrogens (tertiary/aromatic N) is 4. The van der Waals surface area contributed by atoms with Crippen LogP contribution in [0.4, 0.5) is 0 Å². The first-order valence-corrected chi connectivity index (χ1v) is 11.0. The van der Waals surface area contributed by atoms with Gasteiger partial charge in [-0.25, -0.2) is 4.57 Å². The summed E-state index contributed by atoms with van der Waals surface area (Å²) in [6.45, 7) is 9.49. The second kappa shape index (κ2) is 7.85. The summed E-state index contributed by atoms with van der Waals surface area (Å²) in [6, 6.07) is 13.2. The van der Waals surface area contributed by atoms with Crippen LogP contribution in [0.1, 0.15) is 31.9 Å². The number of para-hydroxylation sites is 1. The van der Waals surface area contributed by atoms with Gasteiger partial charge in [0, 0.05) is 0 Å². The predicted molar refractivity (Wildman–Crippen MR) is 122 cm³/mol. The van der Waals surface area contributed by atoms with Gasteiger partial charge in [-0.2, -0.15) is 0 Å². The van der Waals surface area contributed by atoms with Crippen LogP contribution < -0.4 is 5.56 Å². The first kappa shape index (κ1) is 21.1. The smallest absolute Gasteiger partial charge is 0.316 e. The summed E-state index contributed by atoms with van der Waals surface area (Å²) in [7, 11) is 0. The Balaban J connectivity index is 1.91. The molecule has 2 aromatic heterocycles. The Morgan fingerprint density at radius 2 is 1.81 bits per heavy atom. The molecule has 0 unspecified atom stereocenters. The molecule has 4 aromatic rings. The van der Waals surface area contributed by atoms with E-state index in [9.17, 15) is 9.59 Å². The summed E-state index contributed by atoms with van der Waals surface area (Å²) in [5, 5.41) is 9.71. The van der Waals surface area contributed by atoms with E-state index in [0.29, 0.717) is 21.8 Å². The summed E-state index contributed by atoms with van der Waals surface area (Å²) in [6.07, 6.45) is 0. The number of ether oxygens (including phenoxy) is 1. The molecule has 8 heteroatoms. The number of hydrogen-bond acceptors (Lipinski definition) is 6. The number of rotatable bonds is 4. The Morgan fingerprint density at radius 1 is 1.06 bits per heavy atom. The summed E-state index contributed by atoms with van der Waals surface area (Å²) in [5.74, 6) is 0.167. The van der Waals surface area contributed by atoms with Crippen molar-refractivity contribution in [1.29, 1.82) is 0 Å². The average Bonchev–Trinajstić information content (AvgIpc) is 3.12. The van der Waals surface area contributed by atoms with Crippen molar-refractivity contribution in [3.05, 3.63) is 63.9 Å². The standard InChI is InChI=1S/C23H24N4O3S/c1-14-9-8-12-17(15(14)2)26-20(29)16-10-6-7-11-18(16)27-21(26)24-25-22(27)31-13-19(28)30-23(3,4)5/h6-12H,13H2,1-5H3. The third-order valence-corrected chi connectivity index (χ3v) is 5.85. The van der Waals surface area contributed by atoms with Crippen LogP contribution >= 0.6 is 11.8 Å². The summed E-state index contributed by atoms with van der Waals surface area (Å²) < 4.78 is 8.82. The van der Waals surface area contributed by atoms with Crippen LogP contribution in [-0.2, 0) is 9.53 Å². The fraction of sp³-hybridized carbons (Fsp3) is 0.304. The Morgan fingerprint density at radius 3 is 2.55 bits per heavy atom. The van der Waals surface area contributed by atoms with Gasteiger partial charge in [-0.15, -0.1) is 10.2 Å². The predicted octanol–water partition coefficient (Wildman–Crippen LogP) is 4.08. The highest BCUT2D eigenvalue weighted by Gasteiger charge is 2.21. The third-order valence-electron chi connectivity index (χ3n) is 4.95. The molecule has 0 fully saturated rings. The molecule has 0 bridgehead atoms. The van der Waals surface area contributed by atoms with Gasteiger partial charge in [0.1, 0.15) is 5.60 Å². The van der Waals surface area contributed by atoms with E-state index in [0.717, 1.165) is 16.8 Å². The van der Waals surface area contributed by atoms with Gasteiger partial charge in [0.25, 0.3) is 5.56 Å². The Kier molecular flexibility index (Phi) is 5.35. The van der Waals surface area contributed by atoms with E-state index in [1.54, 1.807) is 10.6 Å². The summed E-state index contributed by atoms with van der Waals surface area (Å²) >= 11 is 1.24. The van der Waals surface area contributed by atoms with Crippen LogP contribution in [0.3, 0.4) is 0 Å². The molecule has 4 rings (SSSR count). The van der Waals surface area contributed by atoms with E-state index in [1.165, 1.54) is 11.8 Å². The van der Waals surface area contributed by atoms with E-state index in [2.05, 4.69) is 10.2 Å².